The SMILES string of the molecule is Cc1ccc2nc(N3CCS(=O)(=O)c4ccccc4C3)nc(NCCNC(=O)OC(C)(C)C)c2c1. The lowest BCUT2D eigenvalue weighted by molar-refractivity contribution is 0.0530. The third-order valence-corrected chi connectivity index (χ3v) is 7.30. The summed E-state index contributed by atoms with van der Waals surface area (Å²) in [6.45, 7) is 8.89. The molecule has 0 bridgehead atoms. The molecule has 1 aliphatic heterocycles. The van der Waals surface area contributed by atoms with Crippen LogP contribution in [0.4, 0.5) is 16.6 Å². The van der Waals surface area contributed by atoms with Gasteiger partial charge in [0.2, 0.25) is 5.95 Å². The van der Waals surface area contributed by atoms with Crippen LogP contribution in [0.3, 0.4) is 0 Å². The number of carbonyl (C=O) groups excluding carboxylic acids is 1. The number of alkyl carbamates (subject to hydrolysis) is 1. The van der Waals surface area contributed by atoms with E-state index in [9.17, 15) is 13.2 Å². The zero-order valence-corrected chi connectivity index (χ0v) is 21.3. The van der Waals surface area contributed by atoms with Gasteiger partial charge in [0.1, 0.15) is 11.4 Å². The van der Waals surface area contributed by atoms with E-state index in [4.69, 9.17) is 14.7 Å². The number of aromatic nitrogens is 2. The number of rotatable bonds is 5. The van der Waals surface area contributed by atoms with Crippen molar-refractivity contribution in [1.82, 2.24) is 15.3 Å². The maximum absolute atomic E-state index is 12.8. The molecule has 35 heavy (non-hydrogen) atoms. The van der Waals surface area contributed by atoms with Crippen molar-refractivity contribution < 1.29 is 17.9 Å². The van der Waals surface area contributed by atoms with Crippen LogP contribution in [0.25, 0.3) is 10.9 Å². The molecule has 0 aliphatic carbocycles. The van der Waals surface area contributed by atoms with Crippen LogP contribution < -0.4 is 15.5 Å². The topological polar surface area (TPSA) is 114 Å². The minimum absolute atomic E-state index is 0.0120. The molecule has 9 nitrogen and oxygen atoms in total. The number of hydrogen-bond acceptors (Lipinski definition) is 8. The number of benzene rings is 2. The highest BCUT2D eigenvalue weighted by Gasteiger charge is 2.27. The van der Waals surface area contributed by atoms with Gasteiger partial charge in [0, 0.05) is 31.6 Å². The van der Waals surface area contributed by atoms with E-state index in [1.807, 2.05) is 62.9 Å². The number of nitrogens with one attached hydrogen (secondary N) is 2. The van der Waals surface area contributed by atoms with Gasteiger partial charge in [-0.1, -0.05) is 29.8 Å². The van der Waals surface area contributed by atoms with Gasteiger partial charge in [-0.15, -0.1) is 0 Å². The van der Waals surface area contributed by atoms with E-state index >= 15 is 0 Å². The van der Waals surface area contributed by atoms with E-state index in [-0.39, 0.29) is 12.3 Å². The summed E-state index contributed by atoms with van der Waals surface area (Å²) >= 11 is 0. The minimum atomic E-state index is -3.38. The summed E-state index contributed by atoms with van der Waals surface area (Å²) in [4.78, 5) is 23.7. The average molecular weight is 498 g/mol. The highest BCUT2D eigenvalue weighted by Crippen LogP contribution is 2.28. The minimum Gasteiger partial charge on any atom is -0.444 e. The summed E-state index contributed by atoms with van der Waals surface area (Å²) in [5, 5.41) is 6.88. The predicted molar refractivity (Wildman–Crippen MR) is 137 cm³/mol. The van der Waals surface area contributed by atoms with Crippen LogP contribution in [0.15, 0.2) is 47.4 Å². The van der Waals surface area contributed by atoms with Crippen molar-refractivity contribution in [3.8, 4) is 0 Å². The number of nitrogens with zero attached hydrogens (tertiary/aromatic N) is 3. The fourth-order valence-corrected chi connectivity index (χ4v) is 5.40. The molecule has 2 heterocycles. The normalized spacial score (nSPS) is 15.3. The summed E-state index contributed by atoms with van der Waals surface area (Å²) in [6, 6.07) is 13.0. The zero-order valence-electron chi connectivity index (χ0n) is 20.5. The first kappa shape index (κ1) is 24.7. The Kier molecular flexibility index (Phi) is 6.84. The van der Waals surface area contributed by atoms with E-state index in [1.54, 1.807) is 12.1 Å². The Bertz CT molecular complexity index is 1350. The van der Waals surface area contributed by atoms with Crippen LogP contribution in [0.2, 0.25) is 0 Å². The van der Waals surface area contributed by atoms with Crippen molar-refractivity contribution in [2.45, 2.75) is 44.7 Å². The molecule has 1 amide bonds. The van der Waals surface area contributed by atoms with Crippen molar-refractivity contribution in [2.75, 3.05) is 35.6 Å². The average Bonchev–Trinajstić information content (AvgIpc) is 2.91. The molecule has 1 aromatic heterocycles. The Hall–Kier alpha value is -3.40. The van der Waals surface area contributed by atoms with Crippen LogP contribution in [-0.4, -0.2) is 55.5 Å². The molecule has 0 unspecified atom stereocenters. The Labute approximate surface area is 205 Å². The second kappa shape index (κ2) is 9.69. The van der Waals surface area contributed by atoms with Crippen LogP contribution in [0.1, 0.15) is 31.9 Å². The Balaban J connectivity index is 1.58. The first-order chi connectivity index (χ1) is 16.5. The van der Waals surface area contributed by atoms with E-state index in [0.29, 0.717) is 36.3 Å². The molecule has 4 rings (SSSR count). The third kappa shape index (κ3) is 6.00. The lowest BCUT2D eigenvalue weighted by Gasteiger charge is -2.22. The largest absolute Gasteiger partial charge is 0.444 e. The number of ether oxygens (including phenoxy) is 1. The number of anilines is 2. The van der Waals surface area contributed by atoms with Crippen molar-refractivity contribution in [1.29, 1.82) is 0 Å². The lowest BCUT2D eigenvalue weighted by atomic mass is 10.1. The van der Waals surface area contributed by atoms with Crippen molar-refractivity contribution >= 4 is 38.6 Å². The molecule has 0 saturated carbocycles. The lowest BCUT2D eigenvalue weighted by Crippen LogP contribution is -2.35. The van der Waals surface area contributed by atoms with Gasteiger partial charge in [0.25, 0.3) is 0 Å². The van der Waals surface area contributed by atoms with Gasteiger partial charge in [0.15, 0.2) is 9.84 Å². The van der Waals surface area contributed by atoms with Gasteiger partial charge in [-0.25, -0.2) is 18.2 Å². The summed E-state index contributed by atoms with van der Waals surface area (Å²) in [7, 11) is -3.38. The molecule has 2 aromatic carbocycles. The maximum atomic E-state index is 12.8. The van der Waals surface area contributed by atoms with Crippen molar-refractivity contribution in [3.63, 3.8) is 0 Å². The van der Waals surface area contributed by atoms with Gasteiger partial charge in [-0.2, -0.15) is 4.98 Å². The quantitative estimate of drug-likeness (QED) is 0.514. The first-order valence-corrected chi connectivity index (χ1v) is 13.2. The molecular weight excluding hydrogens is 466 g/mol. The van der Waals surface area contributed by atoms with E-state index in [0.717, 1.165) is 22.0 Å². The molecule has 10 heteroatoms. The van der Waals surface area contributed by atoms with E-state index < -0.39 is 21.5 Å². The van der Waals surface area contributed by atoms with Gasteiger partial charge in [-0.05, 0) is 51.5 Å². The van der Waals surface area contributed by atoms with E-state index in [1.165, 1.54) is 0 Å². The van der Waals surface area contributed by atoms with Crippen LogP contribution in [0, 0.1) is 6.92 Å². The van der Waals surface area contributed by atoms with Crippen molar-refractivity contribution in [2.24, 2.45) is 0 Å². The molecule has 0 radical (unpaired) electrons. The Morgan fingerprint density at radius 2 is 1.89 bits per heavy atom. The highest BCUT2D eigenvalue weighted by atomic mass is 32.2. The monoisotopic (exact) mass is 497 g/mol. The molecular formula is C25H31N5O4S. The predicted octanol–water partition coefficient (Wildman–Crippen LogP) is 3.67. The molecule has 0 spiro atoms. The third-order valence-electron chi connectivity index (χ3n) is 5.51. The fraction of sp³-hybridized carbons (Fsp3) is 0.400. The molecule has 0 atom stereocenters. The van der Waals surface area contributed by atoms with Gasteiger partial charge >= 0.3 is 6.09 Å². The molecule has 2 N–H and O–H groups in total. The van der Waals surface area contributed by atoms with Gasteiger partial charge < -0.3 is 20.3 Å². The van der Waals surface area contributed by atoms with Crippen molar-refractivity contribution in [3.05, 3.63) is 53.6 Å². The smallest absolute Gasteiger partial charge is 0.407 e. The number of sulfone groups is 1. The number of hydrogen-bond donors (Lipinski definition) is 2. The maximum Gasteiger partial charge on any atom is 0.407 e. The molecule has 3 aromatic rings. The summed E-state index contributed by atoms with van der Waals surface area (Å²) in [5.41, 5.74) is 1.99. The fourth-order valence-electron chi connectivity index (χ4n) is 3.90. The van der Waals surface area contributed by atoms with Crippen LogP contribution >= 0.6 is 0 Å². The summed E-state index contributed by atoms with van der Waals surface area (Å²) in [5.74, 6) is 1.07. The Morgan fingerprint density at radius 3 is 2.66 bits per heavy atom. The standard InChI is InChI=1S/C25H31N5O4S/c1-17-9-10-20-19(15-17)22(26-11-12-27-24(31)34-25(2,3)4)29-23(28-20)30-13-14-35(32,33)21-8-6-5-7-18(21)16-30/h5-10,15H,11-14,16H2,1-4H3,(H,27,31)(H,26,28,29). The molecule has 0 saturated heterocycles. The van der Waals surface area contributed by atoms with E-state index in [2.05, 4.69) is 10.6 Å². The summed E-state index contributed by atoms with van der Waals surface area (Å²) in [6.07, 6.45) is -0.479. The first-order valence-electron chi connectivity index (χ1n) is 11.6. The Morgan fingerprint density at radius 1 is 1.11 bits per heavy atom. The van der Waals surface area contributed by atoms with Gasteiger partial charge in [-0.3, -0.25) is 0 Å². The molecule has 1 aliphatic rings. The highest BCUT2D eigenvalue weighted by molar-refractivity contribution is 7.91. The molecule has 0 fully saturated rings. The second-order valence-electron chi connectivity index (χ2n) is 9.60. The van der Waals surface area contributed by atoms with Crippen LogP contribution in [-0.2, 0) is 21.1 Å². The number of carbonyl (C=O) groups is 1. The summed E-state index contributed by atoms with van der Waals surface area (Å²) < 4.78 is 30.8. The zero-order chi connectivity index (χ0) is 25.2. The number of amides is 1. The second-order valence-corrected chi connectivity index (χ2v) is 11.7. The van der Waals surface area contributed by atoms with Crippen LogP contribution in [0.5, 0.6) is 0 Å². The number of fused-ring (bicyclic) bond motifs is 2. The van der Waals surface area contributed by atoms with Gasteiger partial charge in [0.05, 0.1) is 16.2 Å². The number of aryl methyl sites for hydroxylation is 1. The molecule has 186 valence electrons.